The molecular weight excluding hydrogens is 322 g/mol. The molecule has 24 heavy (non-hydrogen) atoms. The van der Waals surface area contributed by atoms with Crippen LogP contribution in [-0.2, 0) is 10.2 Å². The van der Waals surface area contributed by atoms with Gasteiger partial charge in [-0.25, -0.2) is 0 Å². The second-order valence-corrected chi connectivity index (χ2v) is 7.25. The van der Waals surface area contributed by atoms with Gasteiger partial charge < -0.3 is 9.80 Å². The van der Waals surface area contributed by atoms with Crippen LogP contribution in [0.15, 0.2) is 35.2 Å². The molecule has 0 bridgehead atoms. The molecule has 0 radical (unpaired) electrons. The Morgan fingerprint density at radius 1 is 1.33 bits per heavy atom. The van der Waals surface area contributed by atoms with E-state index in [2.05, 4.69) is 4.98 Å². The number of carbonyl (C=O) groups is 2. The average Bonchev–Trinajstić information content (AvgIpc) is 3.34. The minimum atomic E-state index is -0.229. The van der Waals surface area contributed by atoms with Crippen LogP contribution in [0.4, 0.5) is 5.69 Å². The average molecular weight is 341 g/mol. The van der Waals surface area contributed by atoms with E-state index < -0.39 is 0 Å². The number of rotatable bonds is 2. The molecule has 2 amide bonds. The molecule has 1 saturated heterocycles. The minimum Gasteiger partial charge on any atom is -0.342 e. The monoisotopic (exact) mass is 341 g/mol. The fraction of sp³-hybridized carbons (Fsp3) is 0.389. The maximum Gasteiger partial charge on any atom is 0.259 e. The Balaban J connectivity index is 1.70. The molecule has 4 heterocycles. The van der Waals surface area contributed by atoms with Crippen LogP contribution in [0.1, 0.15) is 35.8 Å². The predicted octanol–water partition coefficient (Wildman–Crippen LogP) is 2.68. The van der Waals surface area contributed by atoms with Crippen LogP contribution in [-0.4, -0.2) is 41.3 Å². The largest absolute Gasteiger partial charge is 0.342 e. The number of nitrogens with zero attached hydrogens (tertiary/aromatic N) is 3. The SMILES string of the molecule is CCC(=O)N1CCC2(C1)CN(C(=O)c1ccsc1)c1cccnc12. The van der Waals surface area contributed by atoms with E-state index >= 15 is 0 Å². The van der Waals surface area contributed by atoms with E-state index in [9.17, 15) is 9.59 Å². The third-order valence-electron chi connectivity index (χ3n) is 5.06. The van der Waals surface area contributed by atoms with Gasteiger partial charge in [0.1, 0.15) is 0 Å². The van der Waals surface area contributed by atoms with E-state index in [4.69, 9.17) is 0 Å². The van der Waals surface area contributed by atoms with Crippen molar-refractivity contribution in [2.75, 3.05) is 24.5 Å². The highest BCUT2D eigenvalue weighted by atomic mass is 32.1. The second-order valence-electron chi connectivity index (χ2n) is 6.47. The van der Waals surface area contributed by atoms with Gasteiger partial charge in [0.25, 0.3) is 5.91 Å². The summed E-state index contributed by atoms with van der Waals surface area (Å²) in [5.74, 6) is 0.189. The van der Waals surface area contributed by atoms with E-state index in [0.717, 1.165) is 24.3 Å². The van der Waals surface area contributed by atoms with Crippen LogP contribution in [0.3, 0.4) is 0 Å². The van der Waals surface area contributed by atoms with Gasteiger partial charge in [0.05, 0.1) is 22.4 Å². The summed E-state index contributed by atoms with van der Waals surface area (Å²) in [7, 11) is 0. The fourth-order valence-electron chi connectivity index (χ4n) is 3.84. The van der Waals surface area contributed by atoms with E-state index in [0.29, 0.717) is 25.1 Å². The lowest BCUT2D eigenvalue weighted by atomic mass is 9.85. The highest BCUT2D eigenvalue weighted by molar-refractivity contribution is 7.08. The van der Waals surface area contributed by atoms with Crippen LogP contribution in [0.25, 0.3) is 0 Å². The van der Waals surface area contributed by atoms with E-state index in [1.165, 1.54) is 11.3 Å². The number of hydrogen-bond acceptors (Lipinski definition) is 4. The van der Waals surface area contributed by atoms with Gasteiger partial charge in [-0.1, -0.05) is 6.92 Å². The molecule has 0 saturated carbocycles. The lowest BCUT2D eigenvalue weighted by Crippen LogP contribution is -2.40. The Morgan fingerprint density at radius 2 is 2.21 bits per heavy atom. The predicted molar refractivity (Wildman–Crippen MR) is 93.4 cm³/mol. The van der Waals surface area contributed by atoms with Crippen molar-refractivity contribution in [3.05, 3.63) is 46.4 Å². The van der Waals surface area contributed by atoms with Crippen molar-refractivity contribution < 1.29 is 9.59 Å². The number of hydrogen-bond donors (Lipinski definition) is 0. The van der Waals surface area contributed by atoms with Gasteiger partial charge in [-0.15, -0.1) is 0 Å². The third kappa shape index (κ3) is 2.24. The molecule has 1 spiro atoms. The van der Waals surface area contributed by atoms with Crippen molar-refractivity contribution >= 4 is 28.8 Å². The van der Waals surface area contributed by atoms with E-state index in [1.807, 2.05) is 45.7 Å². The quantitative estimate of drug-likeness (QED) is 0.844. The first kappa shape index (κ1) is 15.3. The molecule has 5 nitrogen and oxygen atoms in total. The number of pyridine rings is 1. The molecule has 124 valence electrons. The number of likely N-dealkylation sites (tertiary alicyclic amines) is 1. The van der Waals surface area contributed by atoms with Crippen molar-refractivity contribution in [3.63, 3.8) is 0 Å². The molecule has 1 fully saturated rings. The summed E-state index contributed by atoms with van der Waals surface area (Å²) in [4.78, 5) is 33.4. The molecule has 2 aromatic rings. The van der Waals surface area contributed by atoms with Crippen LogP contribution in [0, 0.1) is 0 Å². The maximum atomic E-state index is 12.9. The van der Waals surface area contributed by atoms with Gasteiger partial charge in [0, 0.05) is 37.6 Å². The molecular formula is C18H19N3O2S. The molecule has 4 rings (SSSR count). The highest BCUT2D eigenvalue weighted by Gasteiger charge is 2.50. The van der Waals surface area contributed by atoms with Gasteiger partial charge in [0.15, 0.2) is 0 Å². The third-order valence-corrected chi connectivity index (χ3v) is 5.75. The number of amides is 2. The zero-order chi connectivity index (χ0) is 16.7. The number of carbonyl (C=O) groups excluding carboxylic acids is 2. The van der Waals surface area contributed by atoms with Gasteiger partial charge in [-0.2, -0.15) is 11.3 Å². The second kappa shape index (κ2) is 5.70. The number of anilines is 1. The Morgan fingerprint density at radius 3 is 2.96 bits per heavy atom. The summed E-state index contributed by atoms with van der Waals surface area (Å²) in [6.07, 6.45) is 3.16. The summed E-state index contributed by atoms with van der Waals surface area (Å²) >= 11 is 1.52. The molecule has 2 aromatic heterocycles. The molecule has 1 atom stereocenters. The van der Waals surface area contributed by atoms with Crippen molar-refractivity contribution in [1.82, 2.24) is 9.88 Å². The van der Waals surface area contributed by atoms with Crippen molar-refractivity contribution in [2.45, 2.75) is 25.2 Å². The maximum absolute atomic E-state index is 12.9. The zero-order valence-corrected chi connectivity index (χ0v) is 14.4. The van der Waals surface area contributed by atoms with Crippen LogP contribution in [0.2, 0.25) is 0 Å². The van der Waals surface area contributed by atoms with Crippen molar-refractivity contribution in [1.29, 1.82) is 0 Å². The molecule has 2 aliphatic rings. The van der Waals surface area contributed by atoms with Crippen LogP contribution in [0.5, 0.6) is 0 Å². The Labute approximate surface area is 144 Å². The Bertz CT molecular complexity index is 789. The number of fused-ring (bicyclic) bond motifs is 2. The van der Waals surface area contributed by atoms with Gasteiger partial charge in [-0.05, 0) is 30.0 Å². The van der Waals surface area contributed by atoms with Gasteiger partial charge >= 0.3 is 0 Å². The standard InChI is InChI=1S/C18H19N3O2S/c1-2-15(22)20-8-6-18(11-20)12-21(14-4-3-7-19-16(14)18)17(23)13-5-9-24-10-13/h3-5,7,9-10H,2,6,8,11-12H2,1H3. The summed E-state index contributed by atoms with van der Waals surface area (Å²) in [6, 6.07) is 5.69. The molecule has 0 N–H and O–H groups in total. The Kier molecular flexibility index (Phi) is 3.64. The molecule has 6 heteroatoms. The number of thiophene rings is 1. The molecule has 0 aliphatic carbocycles. The Hall–Kier alpha value is -2.21. The van der Waals surface area contributed by atoms with Gasteiger partial charge in [-0.3, -0.25) is 14.6 Å². The number of aromatic nitrogens is 1. The topological polar surface area (TPSA) is 53.5 Å². The van der Waals surface area contributed by atoms with Crippen LogP contribution >= 0.6 is 11.3 Å². The summed E-state index contributed by atoms with van der Waals surface area (Å²) < 4.78 is 0. The molecule has 2 aliphatic heterocycles. The van der Waals surface area contributed by atoms with E-state index in [-0.39, 0.29) is 17.2 Å². The fourth-order valence-corrected chi connectivity index (χ4v) is 4.47. The smallest absolute Gasteiger partial charge is 0.259 e. The van der Waals surface area contributed by atoms with Crippen molar-refractivity contribution in [2.24, 2.45) is 0 Å². The minimum absolute atomic E-state index is 0.0163. The summed E-state index contributed by atoms with van der Waals surface area (Å²) in [6.45, 7) is 3.88. The van der Waals surface area contributed by atoms with Crippen LogP contribution < -0.4 is 4.90 Å². The first-order valence-electron chi connectivity index (χ1n) is 8.22. The first-order chi connectivity index (χ1) is 11.6. The van der Waals surface area contributed by atoms with Gasteiger partial charge in [0.2, 0.25) is 5.91 Å². The molecule has 1 unspecified atom stereocenters. The highest BCUT2D eigenvalue weighted by Crippen LogP contribution is 2.45. The summed E-state index contributed by atoms with van der Waals surface area (Å²) in [5, 5.41) is 3.80. The zero-order valence-electron chi connectivity index (χ0n) is 13.6. The molecule has 0 aromatic carbocycles. The lowest BCUT2D eigenvalue weighted by molar-refractivity contribution is -0.129. The van der Waals surface area contributed by atoms with E-state index in [1.54, 1.807) is 6.20 Å². The van der Waals surface area contributed by atoms with Crippen molar-refractivity contribution in [3.8, 4) is 0 Å². The summed E-state index contributed by atoms with van der Waals surface area (Å²) in [5.41, 5.74) is 2.33. The normalized spacial score (nSPS) is 22.2. The lowest BCUT2D eigenvalue weighted by Gasteiger charge is -2.24. The first-order valence-corrected chi connectivity index (χ1v) is 9.16.